The second-order valence-electron chi connectivity index (χ2n) is 17.0. The van der Waals surface area contributed by atoms with E-state index in [0.29, 0.717) is 0 Å². The number of hydrogen-bond acceptors (Lipinski definition) is 1. The molecule has 0 bridgehead atoms. The predicted octanol–water partition coefficient (Wildman–Crippen LogP) is 18.3. The predicted molar refractivity (Wildman–Crippen MR) is 276 cm³/mol. The minimum absolute atomic E-state index is 1.24. The van der Waals surface area contributed by atoms with Crippen LogP contribution in [0.5, 0.6) is 0 Å². The SMILES string of the molecule is c1ccc(-c2c3ccccc3c(-c3c4ccccc4c(-c4ccc5c(c4)sc4cc6c7ccccc7c7cc8ccccc8cc7c6cc45)c4ccccc34)c3ccccc23)cc1. The molecule has 0 N–H and O–H groups in total. The van der Waals surface area contributed by atoms with Crippen LogP contribution in [0, 0.1) is 0 Å². The van der Waals surface area contributed by atoms with Gasteiger partial charge in [-0.3, -0.25) is 0 Å². The highest BCUT2D eigenvalue weighted by Crippen LogP contribution is 2.51. The van der Waals surface area contributed by atoms with Crippen molar-refractivity contribution in [2.24, 2.45) is 0 Å². The first-order valence-electron chi connectivity index (χ1n) is 21.8. The summed E-state index contributed by atoms with van der Waals surface area (Å²) in [5.74, 6) is 0. The van der Waals surface area contributed by atoms with Crippen LogP contribution < -0.4 is 0 Å². The van der Waals surface area contributed by atoms with Crippen LogP contribution in [-0.2, 0) is 0 Å². The van der Waals surface area contributed by atoms with Gasteiger partial charge in [0.05, 0.1) is 0 Å². The first kappa shape index (κ1) is 34.8. The Morgan fingerprint density at radius 2 is 0.556 bits per heavy atom. The summed E-state index contributed by atoms with van der Waals surface area (Å²) in [5, 5.41) is 23.2. The van der Waals surface area contributed by atoms with Gasteiger partial charge in [0.25, 0.3) is 0 Å². The van der Waals surface area contributed by atoms with Gasteiger partial charge < -0.3 is 0 Å². The van der Waals surface area contributed by atoms with E-state index >= 15 is 0 Å². The monoisotopic (exact) mass is 812 g/mol. The largest absolute Gasteiger partial charge is 0.135 e. The average Bonchev–Trinajstić information content (AvgIpc) is 3.71. The van der Waals surface area contributed by atoms with Crippen LogP contribution >= 0.6 is 11.3 Å². The summed E-state index contributed by atoms with van der Waals surface area (Å²) in [6, 6.07) is 81.8. The molecule has 0 spiro atoms. The Kier molecular flexibility index (Phi) is 7.37. The fraction of sp³-hybridized carbons (Fsp3) is 0. The molecule has 290 valence electrons. The molecule has 0 aliphatic carbocycles. The van der Waals surface area contributed by atoms with Gasteiger partial charge in [-0.25, -0.2) is 0 Å². The molecule has 0 saturated heterocycles. The van der Waals surface area contributed by atoms with Gasteiger partial charge in [-0.1, -0.05) is 188 Å². The van der Waals surface area contributed by atoms with Gasteiger partial charge in [-0.05, 0) is 150 Å². The van der Waals surface area contributed by atoms with Crippen molar-refractivity contribution in [1.29, 1.82) is 0 Å². The van der Waals surface area contributed by atoms with Crippen molar-refractivity contribution in [2.75, 3.05) is 0 Å². The second-order valence-corrected chi connectivity index (χ2v) is 18.1. The lowest BCUT2D eigenvalue weighted by molar-refractivity contribution is 1.67. The topological polar surface area (TPSA) is 0 Å². The van der Waals surface area contributed by atoms with Crippen molar-refractivity contribution in [3.05, 3.63) is 218 Å². The quantitative estimate of drug-likeness (QED) is 0.123. The Hall–Kier alpha value is -7.84. The molecule has 63 heavy (non-hydrogen) atoms. The number of hydrogen-bond donors (Lipinski definition) is 0. The van der Waals surface area contributed by atoms with E-state index in [1.807, 2.05) is 11.3 Å². The summed E-state index contributed by atoms with van der Waals surface area (Å²) in [6.07, 6.45) is 0. The van der Waals surface area contributed by atoms with E-state index in [0.717, 1.165) is 0 Å². The third kappa shape index (κ3) is 5.03. The van der Waals surface area contributed by atoms with Crippen LogP contribution in [-0.4, -0.2) is 0 Å². The van der Waals surface area contributed by atoms with Gasteiger partial charge in [0.15, 0.2) is 0 Å². The number of rotatable bonds is 3. The van der Waals surface area contributed by atoms with E-state index in [1.165, 1.54) is 140 Å². The van der Waals surface area contributed by atoms with Gasteiger partial charge in [0.1, 0.15) is 0 Å². The maximum Gasteiger partial charge on any atom is 0.0362 e. The lowest BCUT2D eigenvalue weighted by atomic mass is 9.81. The molecule has 0 unspecified atom stereocenters. The van der Waals surface area contributed by atoms with Crippen LogP contribution in [0.25, 0.3) is 140 Å². The van der Waals surface area contributed by atoms with E-state index in [1.54, 1.807) is 0 Å². The molecule has 0 aliphatic rings. The fourth-order valence-electron chi connectivity index (χ4n) is 11.1. The summed E-state index contributed by atoms with van der Waals surface area (Å²) in [7, 11) is 0. The smallest absolute Gasteiger partial charge is 0.0362 e. The molecule has 0 aliphatic heterocycles. The first-order chi connectivity index (χ1) is 31.3. The summed E-state index contributed by atoms with van der Waals surface area (Å²) in [6.45, 7) is 0. The van der Waals surface area contributed by atoms with Crippen molar-refractivity contribution in [2.45, 2.75) is 0 Å². The van der Waals surface area contributed by atoms with Crippen LogP contribution in [0.2, 0.25) is 0 Å². The number of benzene rings is 13. The molecular weight excluding hydrogens is 777 g/mol. The molecule has 1 heteroatoms. The molecule has 1 heterocycles. The molecule has 0 saturated carbocycles. The third-order valence-electron chi connectivity index (χ3n) is 13.8. The molecule has 0 radical (unpaired) electrons. The second kappa shape index (κ2) is 13.3. The third-order valence-corrected chi connectivity index (χ3v) is 14.9. The maximum atomic E-state index is 2.48. The molecule has 0 nitrogen and oxygen atoms in total. The molecule has 0 fully saturated rings. The van der Waals surface area contributed by atoms with E-state index < -0.39 is 0 Å². The van der Waals surface area contributed by atoms with E-state index in [2.05, 4.69) is 218 Å². The van der Waals surface area contributed by atoms with Crippen LogP contribution in [0.1, 0.15) is 0 Å². The summed E-state index contributed by atoms with van der Waals surface area (Å²) < 4.78 is 2.63. The minimum atomic E-state index is 1.24. The molecule has 1 aromatic heterocycles. The Morgan fingerprint density at radius 3 is 1.06 bits per heavy atom. The number of fused-ring (bicyclic) bond motifs is 14. The molecule has 0 atom stereocenters. The molecule has 14 rings (SSSR count). The molecule has 0 amide bonds. The normalized spacial score (nSPS) is 12.1. The highest BCUT2D eigenvalue weighted by atomic mass is 32.1. The molecular formula is C62H36S. The van der Waals surface area contributed by atoms with Gasteiger partial charge in [-0.15, -0.1) is 11.3 Å². The first-order valence-corrected chi connectivity index (χ1v) is 22.6. The van der Waals surface area contributed by atoms with Crippen molar-refractivity contribution in [1.82, 2.24) is 0 Å². The van der Waals surface area contributed by atoms with E-state index in [4.69, 9.17) is 0 Å². The summed E-state index contributed by atoms with van der Waals surface area (Å²) in [4.78, 5) is 0. The number of thiophene rings is 1. The van der Waals surface area contributed by atoms with Crippen LogP contribution in [0.15, 0.2) is 218 Å². The average molecular weight is 813 g/mol. The lowest BCUT2D eigenvalue weighted by Crippen LogP contribution is -1.94. The molecule has 14 aromatic rings. The highest BCUT2D eigenvalue weighted by Gasteiger charge is 2.23. The standard InChI is InChI=1S/C62H36S/c1-2-16-37(17-3-1)59-44-22-8-12-26-48(44)61(49-27-13-9-23-45(49)59)62-50-28-14-10-24-46(50)60(47-25-11-15-29-51(47)62)40-30-31-43-56-35-54-53-33-39-19-5-4-18-38(39)32-52(53)41-20-6-7-21-42(41)55(54)36-58(56)63-57(43)34-40/h1-36H. The zero-order valence-electron chi connectivity index (χ0n) is 34.2. The summed E-state index contributed by atoms with van der Waals surface area (Å²) >= 11 is 1.91. The zero-order chi connectivity index (χ0) is 41.2. The Morgan fingerprint density at radius 1 is 0.190 bits per heavy atom. The van der Waals surface area contributed by atoms with Crippen molar-refractivity contribution < 1.29 is 0 Å². The lowest BCUT2D eigenvalue weighted by Gasteiger charge is -2.22. The van der Waals surface area contributed by atoms with Crippen molar-refractivity contribution >= 4 is 118 Å². The zero-order valence-corrected chi connectivity index (χ0v) is 35.0. The van der Waals surface area contributed by atoms with Crippen molar-refractivity contribution in [3.8, 4) is 33.4 Å². The van der Waals surface area contributed by atoms with E-state index in [9.17, 15) is 0 Å². The Bertz CT molecular complexity index is 4130. The highest BCUT2D eigenvalue weighted by molar-refractivity contribution is 7.26. The van der Waals surface area contributed by atoms with Crippen molar-refractivity contribution in [3.63, 3.8) is 0 Å². The van der Waals surface area contributed by atoms with Crippen LogP contribution in [0.3, 0.4) is 0 Å². The van der Waals surface area contributed by atoms with E-state index in [-0.39, 0.29) is 0 Å². The Labute approximate surface area is 367 Å². The van der Waals surface area contributed by atoms with Gasteiger partial charge >= 0.3 is 0 Å². The van der Waals surface area contributed by atoms with Crippen LogP contribution in [0.4, 0.5) is 0 Å². The molecule has 13 aromatic carbocycles. The van der Waals surface area contributed by atoms with Gasteiger partial charge in [0.2, 0.25) is 0 Å². The Balaban J connectivity index is 1.04. The minimum Gasteiger partial charge on any atom is -0.135 e. The fourth-order valence-corrected chi connectivity index (χ4v) is 12.3. The van der Waals surface area contributed by atoms with Gasteiger partial charge in [0, 0.05) is 20.2 Å². The summed E-state index contributed by atoms with van der Waals surface area (Å²) in [5.41, 5.74) is 7.64. The maximum absolute atomic E-state index is 2.48. The van der Waals surface area contributed by atoms with Gasteiger partial charge in [-0.2, -0.15) is 0 Å².